The maximum Gasteiger partial charge on any atom is 4.00 e. The third-order valence-electron chi connectivity index (χ3n) is 11.1. The zero-order valence-electron chi connectivity index (χ0n) is 32.6. The van der Waals surface area contributed by atoms with Gasteiger partial charge in [-0.25, -0.2) is 0 Å². The third-order valence-corrected chi connectivity index (χ3v) is 11.1. The van der Waals surface area contributed by atoms with Gasteiger partial charge in [0.1, 0.15) is 0 Å². The maximum absolute atomic E-state index is 5.23. The van der Waals surface area contributed by atoms with Gasteiger partial charge in [-0.3, -0.25) is 0 Å². The van der Waals surface area contributed by atoms with Gasteiger partial charge in [0.05, 0.1) is 5.56 Å². The smallest absolute Gasteiger partial charge is 0.658 e. The van der Waals surface area contributed by atoms with Crippen molar-refractivity contribution in [2.75, 3.05) is 0 Å². The molecular weight excluding hydrogens is 830 g/mol. The zero-order chi connectivity index (χ0) is 36.5. The molecule has 6 heteroatoms. The van der Waals surface area contributed by atoms with Gasteiger partial charge in [-0.1, -0.05) is 136 Å². The molecule has 274 valence electrons. The van der Waals surface area contributed by atoms with Gasteiger partial charge in [0.25, 0.3) is 0 Å². The normalized spacial score (nSPS) is 12.3. The molecule has 53 heavy (non-hydrogen) atoms. The van der Waals surface area contributed by atoms with Crippen molar-refractivity contribution in [3.8, 4) is 11.3 Å². The van der Waals surface area contributed by atoms with Gasteiger partial charge >= 0.3 is 21.1 Å². The van der Waals surface area contributed by atoms with E-state index >= 15 is 0 Å². The fourth-order valence-corrected chi connectivity index (χ4v) is 8.55. The Hall–Kier alpha value is -4.34. The SMILES string of the molecule is CCc1cc2[n-]c1C=c1[n-]c(c(CC)c1CC)=Cc1[n-]c(c(CC)c1CC)C=c1[n-]c(c(CC)c1CC)=C2.Cc1ccc[n+]2c1-c1ccccc1C2.[Pt+4]. The Bertz CT molecular complexity index is 2510. The Labute approximate surface area is 329 Å². The van der Waals surface area contributed by atoms with Crippen LogP contribution in [0.5, 0.6) is 0 Å². The Morgan fingerprint density at radius 1 is 0.528 bits per heavy atom. The van der Waals surface area contributed by atoms with E-state index in [-0.39, 0.29) is 21.1 Å². The molecule has 0 aliphatic carbocycles. The van der Waals surface area contributed by atoms with E-state index < -0.39 is 0 Å². The molecule has 8 bridgehead atoms. The van der Waals surface area contributed by atoms with Crippen molar-refractivity contribution in [1.82, 2.24) is 19.9 Å². The number of hydrogen-bond acceptors (Lipinski definition) is 0. The van der Waals surface area contributed by atoms with E-state index in [0.717, 1.165) is 95.7 Å². The first-order chi connectivity index (χ1) is 25.3. The molecule has 5 aromatic heterocycles. The second-order valence-electron chi connectivity index (χ2n) is 14.0. The molecule has 5 nitrogen and oxygen atoms in total. The molecular formula is C47H52N5Pt+. The van der Waals surface area contributed by atoms with Gasteiger partial charge in [0.2, 0.25) is 5.69 Å². The molecule has 0 saturated carbocycles. The Kier molecular flexibility index (Phi) is 11.8. The summed E-state index contributed by atoms with van der Waals surface area (Å²) < 4.78 is 2.32. The summed E-state index contributed by atoms with van der Waals surface area (Å²) in [5, 5.41) is 4.19. The summed E-state index contributed by atoms with van der Waals surface area (Å²) >= 11 is 0. The molecule has 0 N–H and O–H groups in total. The minimum atomic E-state index is 0. The van der Waals surface area contributed by atoms with Gasteiger partial charge in [0, 0.05) is 17.2 Å². The molecule has 0 radical (unpaired) electrons. The monoisotopic (exact) mass is 881 g/mol. The van der Waals surface area contributed by atoms with Crippen LogP contribution in [0.3, 0.4) is 0 Å². The average Bonchev–Trinajstić information content (AvgIpc) is 3.96. The van der Waals surface area contributed by atoms with E-state index in [2.05, 4.69) is 133 Å². The summed E-state index contributed by atoms with van der Waals surface area (Å²) in [6.45, 7) is 18.8. The summed E-state index contributed by atoms with van der Waals surface area (Å²) in [5.41, 5.74) is 18.9. The van der Waals surface area contributed by atoms with Crippen molar-refractivity contribution in [2.45, 2.75) is 107 Å². The van der Waals surface area contributed by atoms with Crippen molar-refractivity contribution >= 4 is 24.3 Å². The number of rotatable bonds is 7. The number of aryl methyl sites for hydroxylation is 2. The first-order valence-electron chi connectivity index (χ1n) is 19.5. The van der Waals surface area contributed by atoms with Crippen molar-refractivity contribution in [3.05, 3.63) is 143 Å². The van der Waals surface area contributed by atoms with E-state index in [1.54, 1.807) is 0 Å². The fraction of sp³-hybridized carbons (Fsp3) is 0.340. The first-order valence-corrected chi connectivity index (χ1v) is 19.5. The predicted molar refractivity (Wildman–Crippen MR) is 213 cm³/mol. The molecule has 0 unspecified atom stereocenters. The molecule has 2 aliphatic heterocycles. The van der Waals surface area contributed by atoms with Crippen LogP contribution in [0.4, 0.5) is 0 Å². The topological polar surface area (TPSA) is 60.3 Å². The quantitative estimate of drug-likeness (QED) is 0.202. The van der Waals surface area contributed by atoms with E-state index in [9.17, 15) is 0 Å². The Balaban J connectivity index is 0.000000266. The van der Waals surface area contributed by atoms with Crippen molar-refractivity contribution in [2.24, 2.45) is 0 Å². The van der Waals surface area contributed by atoms with Gasteiger partial charge in [-0.15, -0.1) is 44.2 Å². The number of pyridine rings is 1. The van der Waals surface area contributed by atoms with E-state index in [1.165, 1.54) is 61.3 Å². The van der Waals surface area contributed by atoms with E-state index in [4.69, 9.17) is 19.9 Å². The van der Waals surface area contributed by atoms with Gasteiger partial charge in [-0.05, 0) is 64.0 Å². The number of nitrogens with zero attached hydrogens (tertiary/aromatic N) is 5. The number of benzene rings is 1. The Morgan fingerprint density at radius 2 is 1.04 bits per heavy atom. The molecule has 0 saturated heterocycles. The molecule has 0 spiro atoms. The summed E-state index contributed by atoms with van der Waals surface area (Å²) in [6.07, 6.45) is 17.6. The van der Waals surface area contributed by atoms with Gasteiger partial charge in [0.15, 0.2) is 12.7 Å². The zero-order valence-corrected chi connectivity index (χ0v) is 34.9. The molecule has 8 rings (SSSR count). The standard InChI is InChI=1S/C34H40N4.C13H12N.Pt/c1-8-20-15-21-16-29-22(9-2)23(10-3)31(36-29)18-33-26(13-6)27(14-7)34(38-33)19-32-25(12-5)24(11-4)30(37-32)17-28(20)35-21;1-10-5-4-8-14-9-11-6-2-3-7-12(11)13(10)14;/h15-19H,8-14H2,1-7H3;2-8H,9H2,1H3;/q-4;+1;+4. The van der Waals surface area contributed by atoms with Crippen molar-refractivity contribution in [1.29, 1.82) is 0 Å². The van der Waals surface area contributed by atoms with Crippen LogP contribution in [0.15, 0.2) is 48.7 Å². The second-order valence-corrected chi connectivity index (χ2v) is 14.0. The van der Waals surface area contributed by atoms with Gasteiger partial charge < -0.3 is 19.9 Å². The molecule has 7 heterocycles. The second kappa shape index (κ2) is 16.4. The number of aromatic nitrogens is 5. The predicted octanol–water partition coefficient (Wildman–Crippen LogP) is 5.39. The number of hydrogen-bond donors (Lipinski definition) is 0. The summed E-state index contributed by atoms with van der Waals surface area (Å²) in [7, 11) is 0. The van der Waals surface area contributed by atoms with Crippen molar-refractivity contribution < 1.29 is 25.6 Å². The van der Waals surface area contributed by atoms with Crippen LogP contribution in [0, 0.1) is 6.92 Å². The van der Waals surface area contributed by atoms with Crippen LogP contribution in [0.1, 0.15) is 121 Å². The molecule has 1 aromatic carbocycles. The minimum Gasteiger partial charge on any atom is -0.658 e. The van der Waals surface area contributed by atoms with Crippen LogP contribution >= 0.6 is 0 Å². The van der Waals surface area contributed by atoms with Gasteiger partial charge in [-0.2, -0.15) is 4.57 Å². The average molecular weight is 882 g/mol. The first kappa shape index (κ1) is 38.4. The van der Waals surface area contributed by atoms with Crippen LogP contribution < -0.4 is 45.9 Å². The summed E-state index contributed by atoms with van der Waals surface area (Å²) in [6, 6.07) is 15.2. The Morgan fingerprint density at radius 3 is 1.57 bits per heavy atom. The van der Waals surface area contributed by atoms with Crippen LogP contribution in [0.25, 0.3) is 35.6 Å². The fourth-order valence-electron chi connectivity index (χ4n) is 8.55. The third kappa shape index (κ3) is 7.06. The minimum absolute atomic E-state index is 0. The maximum atomic E-state index is 5.23. The van der Waals surface area contributed by atoms with Crippen LogP contribution in [-0.2, 0) is 72.6 Å². The summed E-state index contributed by atoms with van der Waals surface area (Å²) in [4.78, 5) is 20.7. The molecule has 0 fully saturated rings. The van der Waals surface area contributed by atoms with Crippen LogP contribution in [0.2, 0.25) is 0 Å². The molecule has 6 aromatic rings. The largest absolute Gasteiger partial charge is 4.00 e. The van der Waals surface area contributed by atoms with Crippen LogP contribution in [-0.4, -0.2) is 0 Å². The summed E-state index contributed by atoms with van der Waals surface area (Å²) in [5.74, 6) is 0. The van der Waals surface area contributed by atoms with E-state index in [1.807, 2.05) is 0 Å². The molecule has 0 atom stereocenters. The number of fused-ring (bicyclic) bond motifs is 11. The van der Waals surface area contributed by atoms with Crippen molar-refractivity contribution in [3.63, 3.8) is 0 Å². The van der Waals surface area contributed by atoms with E-state index in [0.29, 0.717) is 0 Å². The molecule has 2 aliphatic rings. The molecule has 0 amide bonds.